The van der Waals surface area contributed by atoms with Crippen molar-refractivity contribution in [2.24, 2.45) is 10.7 Å². The molecule has 0 radical (unpaired) electrons. The van der Waals surface area contributed by atoms with Crippen molar-refractivity contribution in [2.45, 2.75) is 5.66 Å². The van der Waals surface area contributed by atoms with Gasteiger partial charge in [0.1, 0.15) is 0 Å². The summed E-state index contributed by atoms with van der Waals surface area (Å²) in [4.78, 5) is 8.28. The van der Waals surface area contributed by atoms with E-state index in [9.17, 15) is 0 Å². The summed E-state index contributed by atoms with van der Waals surface area (Å²) in [5.41, 5.74) is 5.92. The van der Waals surface area contributed by atoms with Crippen LogP contribution in [-0.2, 0) is 5.66 Å². The van der Waals surface area contributed by atoms with Crippen LogP contribution in [0.3, 0.4) is 0 Å². The third-order valence-corrected chi connectivity index (χ3v) is 1.86. The zero-order valence-electron chi connectivity index (χ0n) is 7.01. The molecule has 4 heteroatoms. The first-order valence-corrected chi connectivity index (χ1v) is 3.99. The minimum Gasteiger partial charge on any atom is -0.353 e. The minimum atomic E-state index is -0.813. The molecule has 1 atom stereocenters. The highest BCUT2D eigenvalue weighted by Gasteiger charge is 2.24. The number of rotatable bonds is 1. The lowest BCUT2D eigenvalue weighted by Crippen LogP contribution is -2.36. The van der Waals surface area contributed by atoms with Crippen LogP contribution in [-0.4, -0.2) is 11.3 Å². The molecule has 3 N–H and O–H groups in total. The van der Waals surface area contributed by atoms with E-state index < -0.39 is 5.66 Å². The van der Waals surface area contributed by atoms with Gasteiger partial charge in [0.25, 0.3) is 0 Å². The summed E-state index contributed by atoms with van der Waals surface area (Å²) in [7, 11) is 0. The molecule has 4 nitrogen and oxygen atoms in total. The Labute approximate surface area is 76.2 Å². The molecule has 1 aromatic heterocycles. The molecule has 0 aromatic carbocycles. The van der Waals surface area contributed by atoms with Gasteiger partial charge in [0, 0.05) is 12.4 Å². The summed E-state index contributed by atoms with van der Waals surface area (Å²) in [6.07, 6.45) is 6.79. The molecular formula is C9H10N4. The topological polar surface area (TPSA) is 63.3 Å². The van der Waals surface area contributed by atoms with Gasteiger partial charge in [-0.1, -0.05) is 6.07 Å². The first kappa shape index (κ1) is 7.94. The second-order valence-electron chi connectivity index (χ2n) is 2.80. The lowest BCUT2D eigenvalue weighted by Gasteiger charge is -2.22. The van der Waals surface area contributed by atoms with Crippen LogP contribution in [0, 0.1) is 0 Å². The standard InChI is InChI=1S/C9H10N4/c10-9(4-6-11-7-13-9)8-3-1-2-5-12-8/h1-7H,10H2,(H,11,13). The van der Waals surface area contributed by atoms with E-state index in [2.05, 4.69) is 15.3 Å². The Balaban J connectivity index is 2.39. The van der Waals surface area contributed by atoms with E-state index in [0.717, 1.165) is 5.69 Å². The lowest BCUT2D eigenvalue weighted by molar-refractivity contribution is 0.567. The van der Waals surface area contributed by atoms with Gasteiger partial charge in [-0.3, -0.25) is 10.7 Å². The largest absolute Gasteiger partial charge is 0.353 e. The lowest BCUT2D eigenvalue weighted by atomic mass is 10.1. The maximum absolute atomic E-state index is 5.99. The quantitative estimate of drug-likeness (QED) is 0.645. The molecule has 0 saturated heterocycles. The van der Waals surface area contributed by atoms with Gasteiger partial charge in [-0.25, -0.2) is 4.99 Å². The molecule has 66 valence electrons. The van der Waals surface area contributed by atoms with Gasteiger partial charge in [-0.05, 0) is 18.2 Å². The van der Waals surface area contributed by atoms with Crippen LogP contribution in [0.5, 0.6) is 0 Å². The number of nitrogens with zero attached hydrogens (tertiary/aromatic N) is 2. The third-order valence-electron chi connectivity index (χ3n) is 1.86. The highest BCUT2D eigenvalue weighted by molar-refractivity contribution is 5.59. The van der Waals surface area contributed by atoms with Crippen molar-refractivity contribution in [1.82, 2.24) is 10.3 Å². The maximum Gasteiger partial charge on any atom is 0.173 e. The Kier molecular flexibility index (Phi) is 1.83. The number of nitrogens with one attached hydrogen (secondary N) is 1. The van der Waals surface area contributed by atoms with Gasteiger partial charge in [0.15, 0.2) is 5.66 Å². The van der Waals surface area contributed by atoms with Crippen molar-refractivity contribution in [3.63, 3.8) is 0 Å². The smallest absolute Gasteiger partial charge is 0.173 e. The van der Waals surface area contributed by atoms with E-state index >= 15 is 0 Å². The van der Waals surface area contributed by atoms with Gasteiger partial charge in [-0.2, -0.15) is 0 Å². The van der Waals surface area contributed by atoms with Crippen LogP contribution in [0.1, 0.15) is 5.69 Å². The third kappa shape index (κ3) is 1.43. The summed E-state index contributed by atoms with van der Waals surface area (Å²) in [5.74, 6) is 0. The molecule has 2 heterocycles. The number of pyridine rings is 1. The molecule has 0 amide bonds. The molecule has 1 unspecified atom stereocenters. The van der Waals surface area contributed by atoms with Crippen molar-refractivity contribution >= 4 is 6.34 Å². The zero-order valence-corrected chi connectivity index (χ0v) is 7.01. The van der Waals surface area contributed by atoms with Gasteiger partial charge >= 0.3 is 0 Å². The van der Waals surface area contributed by atoms with Crippen LogP contribution in [0.25, 0.3) is 0 Å². The summed E-state index contributed by atoms with van der Waals surface area (Å²) >= 11 is 0. The first-order valence-electron chi connectivity index (χ1n) is 3.99. The summed E-state index contributed by atoms with van der Waals surface area (Å²) in [6.45, 7) is 0. The Hall–Kier alpha value is -1.68. The Bertz CT molecular complexity index is 330. The van der Waals surface area contributed by atoms with E-state index in [1.165, 1.54) is 0 Å². The van der Waals surface area contributed by atoms with E-state index in [-0.39, 0.29) is 0 Å². The monoisotopic (exact) mass is 174 g/mol. The van der Waals surface area contributed by atoms with E-state index in [0.29, 0.717) is 0 Å². The molecule has 0 bridgehead atoms. The molecule has 1 aliphatic heterocycles. The van der Waals surface area contributed by atoms with E-state index in [4.69, 9.17) is 5.73 Å². The normalized spacial score (nSPS) is 25.6. The van der Waals surface area contributed by atoms with Crippen molar-refractivity contribution in [1.29, 1.82) is 0 Å². The predicted molar refractivity (Wildman–Crippen MR) is 50.9 cm³/mol. The highest BCUT2D eigenvalue weighted by Crippen LogP contribution is 2.19. The Morgan fingerprint density at radius 1 is 1.38 bits per heavy atom. The van der Waals surface area contributed by atoms with Crippen molar-refractivity contribution in [2.75, 3.05) is 0 Å². The average molecular weight is 174 g/mol. The van der Waals surface area contributed by atoms with Crippen LogP contribution < -0.4 is 11.1 Å². The minimum absolute atomic E-state index is 0.740. The molecule has 13 heavy (non-hydrogen) atoms. The van der Waals surface area contributed by atoms with E-state index in [1.54, 1.807) is 24.8 Å². The van der Waals surface area contributed by atoms with Crippen molar-refractivity contribution in [3.05, 3.63) is 42.4 Å². The second-order valence-corrected chi connectivity index (χ2v) is 2.80. The molecule has 1 aromatic rings. The van der Waals surface area contributed by atoms with Crippen molar-refractivity contribution < 1.29 is 0 Å². The van der Waals surface area contributed by atoms with Gasteiger partial charge in [-0.15, -0.1) is 0 Å². The number of hydrogen-bond donors (Lipinski definition) is 2. The molecule has 0 saturated carbocycles. The number of nitrogens with two attached hydrogens (primary N) is 1. The Morgan fingerprint density at radius 2 is 2.31 bits per heavy atom. The zero-order chi connectivity index (χ0) is 9.15. The van der Waals surface area contributed by atoms with Gasteiger partial charge in [0.2, 0.25) is 0 Å². The number of aliphatic imine (C=N–C) groups is 1. The van der Waals surface area contributed by atoms with Crippen LogP contribution in [0.15, 0.2) is 41.7 Å². The fraction of sp³-hybridized carbons (Fsp3) is 0.111. The fourth-order valence-electron chi connectivity index (χ4n) is 1.16. The number of hydrogen-bond acceptors (Lipinski definition) is 4. The summed E-state index contributed by atoms with van der Waals surface area (Å²) in [6, 6.07) is 5.59. The summed E-state index contributed by atoms with van der Waals surface area (Å²) < 4.78 is 0. The molecule has 1 aliphatic rings. The molecule has 0 fully saturated rings. The maximum atomic E-state index is 5.99. The van der Waals surface area contributed by atoms with Gasteiger partial charge in [0.05, 0.1) is 12.0 Å². The summed E-state index contributed by atoms with van der Waals surface area (Å²) in [5, 5.41) is 2.83. The van der Waals surface area contributed by atoms with Gasteiger partial charge < -0.3 is 5.32 Å². The second kappa shape index (κ2) is 2.99. The van der Waals surface area contributed by atoms with E-state index in [1.807, 2.05) is 18.2 Å². The average Bonchev–Trinajstić information content (AvgIpc) is 2.20. The fourth-order valence-corrected chi connectivity index (χ4v) is 1.16. The molecule has 0 spiro atoms. The number of aromatic nitrogens is 1. The van der Waals surface area contributed by atoms with Crippen LogP contribution >= 0.6 is 0 Å². The Morgan fingerprint density at radius 3 is 2.92 bits per heavy atom. The van der Waals surface area contributed by atoms with Crippen LogP contribution in [0.2, 0.25) is 0 Å². The molecular weight excluding hydrogens is 164 g/mol. The predicted octanol–water partition coefficient (Wildman–Crippen LogP) is 0.338. The molecule has 2 rings (SSSR count). The highest BCUT2D eigenvalue weighted by atomic mass is 15.1. The molecule has 0 aliphatic carbocycles. The van der Waals surface area contributed by atoms with Crippen molar-refractivity contribution in [3.8, 4) is 0 Å². The van der Waals surface area contributed by atoms with Crippen LogP contribution in [0.4, 0.5) is 0 Å². The first-order chi connectivity index (χ1) is 6.31. The SMILES string of the molecule is NC1(c2ccccn2)C=CNC=N1.